The molecular weight excluding hydrogens is 234 g/mol. The van der Waals surface area contributed by atoms with Crippen LogP contribution >= 0.6 is 0 Å². The second-order valence-electron chi connectivity index (χ2n) is 7.13. The summed E-state index contributed by atoms with van der Waals surface area (Å²) in [5.41, 5.74) is 3.09. The van der Waals surface area contributed by atoms with Gasteiger partial charge in [-0.15, -0.1) is 0 Å². The van der Waals surface area contributed by atoms with Crippen LogP contribution in [0.2, 0.25) is 0 Å². The molecule has 1 saturated carbocycles. The van der Waals surface area contributed by atoms with Crippen molar-refractivity contribution in [2.75, 3.05) is 6.54 Å². The molecule has 0 aromatic heterocycles. The molecule has 2 aliphatic rings. The quantitative estimate of drug-likeness (QED) is 0.879. The summed E-state index contributed by atoms with van der Waals surface area (Å²) in [6, 6.07) is 9.25. The summed E-state index contributed by atoms with van der Waals surface area (Å²) >= 11 is 0. The van der Waals surface area contributed by atoms with E-state index in [0.29, 0.717) is 6.04 Å². The van der Waals surface area contributed by atoms with E-state index in [4.69, 9.17) is 0 Å². The van der Waals surface area contributed by atoms with Gasteiger partial charge in [-0.05, 0) is 57.1 Å². The van der Waals surface area contributed by atoms with Gasteiger partial charge in [-0.3, -0.25) is 4.90 Å². The average Bonchev–Trinajstić information content (AvgIpc) is 3.11. The molecular formula is C17H25NO. The molecule has 3 rings (SSSR count). The Kier molecular flexibility index (Phi) is 3.18. The fraction of sp³-hybridized carbons (Fsp3) is 0.647. The van der Waals surface area contributed by atoms with Crippen molar-refractivity contribution < 1.29 is 5.11 Å². The summed E-state index contributed by atoms with van der Waals surface area (Å²) in [6.45, 7) is 7.54. The lowest BCUT2D eigenvalue weighted by atomic mass is 9.93. The zero-order valence-electron chi connectivity index (χ0n) is 12.3. The molecule has 2 fully saturated rings. The molecule has 0 bridgehead atoms. The molecule has 19 heavy (non-hydrogen) atoms. The predicted octanol–water partition coefficient (Wildman–Crippen LogP) is 3.47. The van der Waals surface area contributed by atoms with Crippen molar-refractivity contribution in [3.63, 3.8) is 0 Å². The largest absolute Gasteiger partial charge is 0.392 e. The van der Waals surface area contributed by atoms with Crippen molar-refractivity contribution >= 4 is 0 Å². The minimum absolute atomic E-state index is 0.110. The number of benzene rings is 1. The molecule has 1 aliphatic carbocycles. The van der Waals surface area contributed by atoms with Crippen LogP contribution in [0.1, 0.15) is 63.1 Å². The van der Waals surface area contributed by atoms with Gasteiger partial charge >= 0.3 is 0 Å². The third-order valence-electron chi connectivity index (χ3n) is 4.51. The third-order valence-corrected chi connectivity index (χ3v) is 4.51. The maximum Gasteiger partial charge on any atom is 0.0685 e. The summed E-state index contributed by atoms with van der Waals surface area (Å²) in [4.78, 5) is 2.47. The summed E-state index contributed by atoms with van der Waals surface area (Å²) < 4.78 is 0. The van der Waals surface area contributed by atoms with E-state index in [1.165, 1.54) is 24.0 Å². The highest BCUT2D eigenvalue weighted by Gasteiger charge is 2.40. The first kappa shape index (κ1) is 13.1. The standard InChI is InChI=1S/C17H25NO/c1-17(2,3)18-11-13(19)10-16(18)15-7-5-4-6-14(15)12-8-9-12/h4-7,12-13,16,19H,8-11H2,1-3H3. The van der Waals surface area contributed by atoms with Crippen LogP contribution in [-0.2, 0) is 0 Å². The second-order valence-corrected chi connectivity index (χ2v) is 7.13. The Labute approximate surface area is 116 Å². The number of aliphatic hydroxyl groups is 1. The lowest BCUT2D eigenvalue weighted by molar-refractivity contribution is 0.104. The minimum atomic E-state index is -0.184. The number of hydrogen-bond donors (Lipinski definition) is 1. The molecule has 2 unspecified atom stereocenters. The Balaban J connectivity index is 1.96. The summed E-state index contributed by atoms with van der Waals surface area (Å²) in [7, 11) is 0. The van der Waals surface area contributed by atoms with Crippen LogP contribution in [0.5, 0.6) is 0 Å². The third kappa shape index (κ3) is 2.56. The first-order chi connectivity index (χ1) is 8.97. The van der Waals surface area contributed by atoms with Crippen molar-refractivity contribution in [1.82, 2.24) is 4.90 Å². The monoisotopic (exact) mass is 259 g/mol. The number of rotatable bonds is 2. The van der Waals surface area contributed by atoms with Gasteiger partial charge in [0.05, 0.1) is 6.10 Å². The van der Waals surface area contributed by atoms with Crippen LogP contribution in [0.4, 0.5) is 0 Å². The molecule has 2 heteroatoms. The van der Waals surface area contributed by atoms with E-state index in [2.05, 4.69) is 49.9 Å². The van der Waals surface area contributed by atoms with E-state index < -0.39 is 0 Å². The van der Waals surface area contributed by atoms with Crippen LogP contribution in [0.15, 0.2) is 24.3 Å². The molecule has 2 atom stereocenters. The molecule has 2 nitrogen and oxygen atoms in total. The van der Waals surface area contributed by atoms with Crippen molar-refractivity contribution in [2.24, 2.45) is 0 Å². The zero-order chi connectivity index (χ0) is 13.6. The van der Waals surface area contributed by atoms with Crippen LogP contribution in [-0.4, -0.2) is 28.2 Å². The van der Waals surface area contributed by atoms with Gasteiger partial charge in [0.2, 0.25) is 0 Å². The highest BCUT2D eigenvalue weighted by Crippen LogP contribution is 2.46. The van der Waals surface area contributed by atoms with Gasteiger partial charge in [-0.1, -0.05) is 24.3 Å². The number of aliphatic hydroxyl groups excluding tert-OH is 1. The Morgan fingerprint density at radius 2 is 1.74 bits per heavy atom. The molecule has 0 spiro atoms. The zero-order valence-corrected chi connectivity index (χ0v) is 12.3. The van der Waals surface area contributed by atoms with Crippen LogP contribution in [0.25, 0.3) is 0 Å². The van der Waals surface area contributed by atoms with Crippen molar-refractivity contribution in [1.29, 1.82) is 0 Å². The van der Waals surface area contributed by atoms with Gasteiger partial charge in [0, 0.05) is 18.1 Å². The number of nitrogens with zero attached hydrogens (tertiary/aromatic N) is 1. The first-order valence-corrected chi connectivity index (χ1v) is 7.50. The van der Waals surface area contributed by atoms with Gasteiger partial charge in [0.25, 0.3) is 0 Å². The Hall–Kier alpha value is -0.860. The van der Waals surface area contributed by atoms with Gasteiger partial charge in [-0.2, -0.15) is 0 Å². The number of likely N-dealkylation sites (tertiary alicyclic amines) is 1. The molecule has 1 aliphatic heterocycles. The van der Waals surface area contributed by atoms with Gasteiger partial charge in [0.1, 0.15) is 0 Å². The lowest BCUT2D eigenvalue weighted by Crippen LogP contribution is -2.41. The fourth-order valence-electron chi connectivity index (χ4n) is 3.43. The van der Waals surface area contributed by atoms with E-state index in [-0.39, 0.29) is 11.6 Å². The highest BCUT2D eigenvalue weighted by atomic mass is 16.3. The Morgan fingerprint density at radius 1 is 1.11 bits per heavy atom. The van der Waals surface area contributed by atoms with E-state index in [0.717, 1.165) is 18.9 Å². The highest BCUT2D eigenvalue weighted by molar-refractivity contribution is 5.36. The van der Waals surface area contributed by atoms with E-state index >= 15 is 0 Å². The summed E-state index contributed by atoms with van der Waals surface area (Å²) in [5.74, 6) is 0.774. The van der Waals surface area contributed by atoms with Crippen LogP contribution < -0.4 is 0 Å². The smallest absolute Gasteiger partial charge is 0.0685 e. The molecule has 1 heterocycles. The normalized spacial score (nSPS) is 28.8. The van der Waals surface area contributed by atoms with Crippen LogP contribution in [0.3, 0.4) is 0 Å². The van der Waals surface area contributed by atoms with E-state index in [1.807, 2.05) is 0 Å². The summed E-state index contributed by atoms with van der Waals surface area (Å²) in [5, 5.41) is 10.1. The topological polar surface area (TPSA) is 23.5 Å². The van der Waals surface area contributed by atoms with E-state index in [1.54, 1.807) is 0 Å². The molecule has 1 saturated heterocycles. The van der Waals surface area contributed by atoms with Crippen molar-refractivity contribution in [3.05, 3.63) is 35.4 Å². The molecule has 1 aromatic rings. The molecule has 0 amide bonds. The molecule has 104 valence electrons. The van der Waals surface area contributed by atoms with Crippen molar-refractivity contribution in [3.8, 4) is 0 Å². The van der Waals surface area contributed by atoms with Gasteiger partial charge < -0.3 is 5.11 Å². The summed E-state index contributed by atoms with van der Waals surface area (Å²) in [6.07, 6.45) is 3.36. The van der Waals surface area contributed by atoms with Crippen LogP contribution in [0, 0.1) is 0 Å². The molecule has 1 aromatic carbocycles. The fourth-order valence-corrected chi connectivity index (χ4v) is 3.43. The second kappa shape index (κ2) is 4.60. The van der Waals surface area contributed by atoms with Gasteiger partial charge in [0.15, 0.2) is 0 Å². The minimum Gasteiger partial charge on any atom is -0.392 e. The Morgan fingerprint density at radius 3 is 2.32 bits per heavy atom. The average molecular weight is 259 g/mol. The van der Waals surface area contributed by atoms with Crippen molar-refractivity contribution in [2.45, 2.75) is 63.6 Å². The first-order valence-electron chi connectivity index (χ1n) is 7.50. The molecule has 0 radical (unpaired) electrons. The lowest BCUT2D eigenvalue weighted by Gasteiger charge is -2.37. The SMILES string of the molecule is CC(C)(C)N1CC(O)CC1c1ccccc1C1CC1. The van der Waals surface area contributed by atoms with E-state index in [9.17, 15) is 5.11 Å². The van der Waals surface area contributed by atoms with Gasteiger partial charge in [-0.25, -0.2) is 0 Å². The number of β-amino-alcohol motifs (C(OH)–C–C–N with tert-alkyl or cyclic N) is 1. The predicted molar refractivity (Wildman–Crippen MR) is 78.2 cm³/mol. The maximum absolute atomic E-state index is 10.1. The number of hydrogen-bond acceptors (Lipinski definition) is 2. The maximum atomic E-state index is 10.1. The molecule has 1 N–H and O–H groups in total. The Bertz CT molecular complexity index is 459.